The second kappa shape index (κ2) is 6.02. The SMILES string of the molecule is CC(C)(CNC(=O)N1CCCC2CCCCC21)C(=O)O. The second-order valence-corrected chi connectivity index (χ2v) is 6.80. The van der Waals surface area contributed by atoms with Crippen LogP contribution in [0.4, 0.5) is 4.79 Å². The van der Waals surface area contributed by atoms with Crippen LogP contribution in [-0.4, -0.2) is 41.1 Å². The van der Waals surface area contributed by atoms with E-state index >= 15 is 0 Å². The van der Waals surface area contributed by atoms with E-state index in [4.69, 9.17) is 5.11 Å². The molecule has 2 rings (SSSR count). The number of rotatable bonds is 3. The number of carbonyl (C=O) groups is 2. The number of likely N-dealkylation sites (tertiary alicyclic amines) is 1. The van der Waals surface area contributed by atoms with Gasteiger partial charge in [0.05, 0.1) is 5.41 Å². The third kappa shape index (κ3) is 3.25. The van der Waals surface area contributed by atoms with E-state index in [2.05, 4.69) is 5.32 Å². The first-order valence-corrected chi connectivity index (χ1v) is 7.70. The van der Waals surface area contributed by atoms with Crippen molar-refractivity contribution in [3.63, 3.8) is 0 Å². The number of aliphatic carboxylic acids is 1. The quantitative estimate of drug-likeness (QED) is 0.835. The number of amides is 2. The van der Waals surface area contributed by atoms with E-state index in [0.717, 1.165) is 19.4 Å². The number of hydrogen-bond donors (Lipinski definition) is 2. The van der Waals surface area contributed by atoms with Crippen molar-refractivity contribution in [1.82, 2.24) is 10.2 Å². The molecule has 2 amide bonds. The molecule has 0 aromatic heterocycles. The number of hydrogen-bond acceptors (Lipinski definition) is 2. The molecule has 20 heavy (non-hydrogen) atoms. The van der Waals surface area contributed by atoms with Gasteiger partial charge in [-0.2, -0.15) is 0 Å². The predicted molar refractivity (Wildman–Crippen MR) is 76.5 cm³/mol. The summed E-state index contributed by atoms with van der Waals surface area (Å²) in [6.07, 6.45) is 7.11. The fourth-order valence-electron chi connectivity index (χ4n) is 3.35. The largest absolute Gasteiger partial charge is 0.481 e. The average Bonchev–Trinajstić information content (AvgIpc) is 2.44. The molecule has 5 heteroatoms. The number of fused-ring (bicyclic) bond motifs is 1. The number of carboxylic acids is 1. The van der Waals surface area contributed by atoms with Crippen molar-refractivity contribution in [3.05, 3.63) is 0 Å². The number of urea groups is 1. The summed E-state index contributed by atoms with van der Waals surface area (Å²) >= 11 is 0. The van der Waals surface area contributed by atoms with Gasteiger partial charge in [0.15, 0.2) is 0 Å². The molecule has 1 aliphatic heterocycles. The van der Waals surface area contributed by atoms with Gasteiger partial charge in [0.25, 0.3) is 0 Å². The highest BCUT2D eigenvalue weighted by molar-refractivity contribution is 5.78. The molecular formula is C15H26N2O3. The molecule has 2 unspecified atom stereocenters. The molecule has 0 aromatic rings. The van der Waals surface area contributed by atoms with Crippen LogP contribution >= 0.6 is 0 Å². The minimum absolute atomic E-state index is 0.0871. The fraction of sp³-hybridized carbons (Fsp3) is 0.867. The van der Waals surface area contributed by atoms with E-state index in [1.54, 1.807) is 13.8 Å². The Labute approximate surface area is 120 Å². The van der Waals surface area contributed by atoms with Crippen LogP contribution in [0.3, 0.4) is 0 Å². The van der Waals surface area contributed by atoms with Crippen molar-refractivity contribution in [3.8, 4) is 0 Å². The smallest absolute Gasteiger partial charge is 0.317 e. The van der Waals surface area contributed by atoms with Crippen molar-refractivity contribution in [2.45, 2.75) is 58.4 Å². The monoisotopic (exact) mass is 282 g/mol. The maximum absolute atomic E-state index is 12.3. The third-order valence-electron chi connectivity index (χ3n) is 4.76. The summed E-state index contributed by atoms with van der Waals surface area (Å²) in [5.74, 6) is -0.234. The fourth-order valence-corrected chi connectivity index (χ4v) is 3.35. The highest BCUT2D eigenvalue weighted by atomic mass is 16.4. The third-order valence-corrected chi connectivity index (χ3v) is 4.76. The summed E-state index contributed by atoms with van der Waals surface area (Å²) < 4.78 is 0. The molecule has 0 bridgehead atoms. The van der Waals surface area contributed by atoms with Crippen LogP contribution in [0.1, 0.15) is 52.4 Å². The Balaban J connectivity index is 1.92. The predicted octanol–water partition coefficient (Wildman–Crippen LogP) is 2.46. The lowest BCUT2D eigenvalue weighted by atomic mass is 9.78. The summed E-state index contributed by atoms with van der Waals surface area (Å²) in [6.45, 7) is 4.25. The van der Waals surface area contributed by atoms with Crippen LogP contribution in [0.2, 0.25) is 0 Å². The lowest BCUT2D eigenvalue weighted by Crippen LogP contribution is -2.54. The summed E-state index contributed by atoms with van der Waals surface area (Å²) in [5.41, 5.74) is -0.919. The topological polar surface area (TPSA) is 69.6 Å². The molecule has 5 nitrogen and oxygen atoms in total. The zero-order valence-corrected chi connectivity index (χ0v) is 12.5. The first kappa shape index (κ1) is 15.1. The number of nitrogens with zero attached hydrogens (tertiary/aromatic N) is 1. The van der Waals surface area contributed by atoms with E-state index in [1.165, 1.54) is 25.7 Å². The van der Waals surface area contributed by atoms with Crippen LogP contribution in [0.25, 0.3) is 0 Å². The average molecular weight is 282 g/mol. The van der Waals surface area contributed by atoms with Gasteiger partial charge in [-0.3, -0.25) is 4.79 Å². The Bertz CT molecular complexity index is 379. The van der Waals surface area contributed by atoms with E-state index < -0.39 is 11.4 Å². The first-order valence-electron chi connectivity index (χ1n) is 7.70. The molecule has 2 atom stereocenters. The van der Waals surface area contributed by atoms with Crippen LogP contribution in [0.5, 0.6) is 0 Å². The Hall–Kier alpha value is -1.26. The van der Waals surface area contributed by atoms with Gasteiger partial charge in [0, 0.05) is 19.1 Å². The van der Waals surface area contributed by atoms with Crippen molar-refractivity contribution < 1.29 is 14.7 Å². The molecule has 2 fully saturated rings. The first-order chi connectivity index (χ1) is 9.42. The Morgan fingerprint density at radius 2 is 1.85 bits per heavy atom. The van der Waals surface area contributed by atoms with Gasteiger partial charge in [-0.05, 0) is 45.4 Å². The van der Waals surface area contributed by atoms with Crippen molar-refractivity contribution in [1.29, 1.82) is 0 Å². The number of nitrogens with one attached hydrogen (secondary N) is 1. The second-order valence-electron chi connectivity index (χ2n) is 6.80. The standard InChI is InChI=1S/C15H26N2O3/c1-15(2,13(18)19)10-16-14(20)17-9-5-7-11-6-3-4-8-12(11)17/h11-12H,3-10H2,1-2H3,(H,16,20)(H,18,19). The zero-order valence-electron chi connectivity index (χ0n) is 12.5. The summed E-state index contributed by atoms with van der Waals surface area (Å²) in [5, 5.41) is 11.9. The van der Waals surface area contributed by atoms with Gasteiger partial charge in [-0.25, -0.2) is 4.79 Å². The number of piperidine rings is 1. The molecule has 0 aromatic carbocycles. The molecule has 1 aliphatic carbocycles. The van der Waals surface area contributed by atoms with E-state index in [-0.39, 0.29) is 12.6 Å². The van der Waals surface area contributed by atoms with Crippen LogP contribution in [0.15, 0.2) is 0 Å². The Morgan fingerprint density at radius 3 is 2.55 bits per heavy atom. The highest BCUT2D eigenvalue weighted by Crippen LogP contribution is 2.35. The number of carbonyl (C=O) groups excluding carboxylic acids is 1. The lowest BCUT2D eigenvalue weighted by Gasteiger charge is -2.44. The molecule has 0 spiro atoms. The van der Waals surface area contributed by atoms with Gasteiger partial charge in [0.2, 0.25) is 0 Å². The minimum Gasteiger partial charge on any atom is -0.481 e. The summed E-state index contributed by atoms with van der Waals surface area (Å²) in [4.78, 5) is 25.4. The normalized spacial score (nSPS) is 26.8. The lowest BCUT2D eigenvalue weighted by molar-refractivity contribution is -0.146. The maximum Gasteiger partial charge on any atom is 0.317 e. The molecular weight excluding hydrogens is 256 g/mol. The van der Waals surface area contributed by atoms with Gasteiger partial charge < -0.3 is 15.3 Å². The maximum atomic E-state index is 12.3. The van der Waals surface area contributed by atoms with Crippen molar-refractivity contribution in [2.75, 3.05) is 13.1 Å². The zero-order chi connectivity index (χ0) is 14.8. The van der Waals surface area contributed by atoms with Crippen molar-refractivity contribution in [2.24, 2.45) is 11.3 Å². The van der Waals surface area contributed by atoms with Crippen LogP contribution in [-0.2, 0) is 4.79 Å². The van der Waals surface area contributed by atoms with Crippen molar-refractivity contribution >= 4 is 12.0 Å². The summed E-state index contributed by atoms with van der Waals surface area (Å²) in [6, 6.07) is 0.279. The molecule has 1 heterocycles. The highest BCUT2D eigenvalue weighted by Gasteiger charge is 2.36. The van der Waals surface area contributed by atoms with Gasteiger partial charge in [-0.1, -0.05) is 12.8 Å². The molecule has 1 saturated heterocycles. The minimum atomic E-state index is -0.919. The van der Waals surface area contributed by atoms with E-state index in [9.17, 15) is 9.59 Å². The molecule has 1 saturated carbocycles. The number of carboxylic acid groups (broad SMARTS) is 1. The molecule has 114 valence electrons. The van der Waals surface area contributed by atoms with Crippen LogP contribution < -0.4 is 5.32 Å². The van der Waals surface area contributed by atoms with Gasteiger partial charge in [-0.15, -0.1) is 0 Å². The Kier molecular flexibility index (Phi) is 4.55. The van der Waals surface area contributed by atoms with Gasteiger partial charge in [0.1, 0.15) is 0 Å². The van der Waals surface area contributed by atoms with Gasteiger partial charge >= 0.3 is 12.0 Å². The van der Waals surface area contributed by atoms with E-state index in [0.29, 0.717) is 12.0 Å². The molecule has 2 N–H and O–H groups in total. The molecule has 0 radical (unpaired) electrons. The molecule has 2 aliphatic rings. The Morgan fingerprint density at radius 1 is 1.20 bits per heavy atom. The van der Waals surface area contributed by atoms with E-state index in [1.807, 2.05) is 4.90 Å². The van der Waals surface area contributed by atoms with Crippen LogP contribution in [0, 0.1) is 11.3 Å². The summed E-state index contributed by atoms with van der Waals surface area (Å²) in [7, 11) is 0.